The molecule has 0 amide bonds. The molecule has 0 bridgehead atoms. The molecule has 0 aromatic carbocycles. The smallest absolute Gasteiger partial charge is 0.308 e. The normalized spacial score (nSPS) is 10.0. The van der Waals surface area contributed by atoms with Crippen LogP contribution < -0.4 is 0 Å². The molecule has 3 heteroatoms. The number of likely N-dealkylation sites (N-methyl/N-ethyl adjacent to an activating group) is 2. The Morgan fingerprint density at radius 2 is 1.00 bits per heavy atom. The maximum Gasteiger partial charge on any atom is 3.00 e. The third kappa shape index (κ3) is 11.8. The molecule has 0 saturated carbocycles. The Bertz CT molecular complexity index is 47.0. The second kappa shape index (κ2) is 6.56. The van der Waals surface area contributed by atoms with E-state index in [2.05, 4.69) is 38.0 Å². The van der Waals surface area contributed by atoms with Crippen LogP contribution >= 0.6 is 0 Å². The Kier molecular flexibility index (Phi) is 8.85. The summed E-state index contributed by atoms with van der Waals surface area (Å²) in [6, 6.07) is 0. The molecule has 0 saturated heterocycles. The van der Waals surface area contributed by atoms with Crippen LogP contribution in [0.15, 0.2) is 0 Å². The van der Waals surface area contributed by atoms with Gasteiger partial charge in [0.2, 0.25) is 0 Å². The maximum absolute atomic E-state index is 2.18. The van der Waals surface area contributed by atoms with Gasteiger partial charge in [0, 0.05) is 13.1 Å². The Morgan fingerprint density at radius 1 is 0.778 bits per heavy atom. The van der Waals surface area contributed by atoms with Crippen molar-refractivity contribution in [1.82, 2.24) is 9.80 Å². The molecule has 1 radical (unpaired) electrons. The van der Waals surface area contributed by atoms with Crippen LogP contribution in [0.2, 0.25) is 0 Å². The minimum Gasteiger partial charge on any atom is -0.308 e. The van der Waals surface area contributed by atoms with Crippen molar-refractivity contribution in [3.63, 3.8) is 0 Å². The third-order valence-electron chi connectivity index (χ3n) is 0.994. The Hall–Kier alpha value is 0.439. The second-order valence-electron chi connectivity index (χ2n) is 2.61. The molecule has 55 valence electrons. The fourth-order valence-corrected chi connectivity index (χ4v) is 0.400. The van der Waals surface area contributed by atoms with Crippen LogP contribution in [0.1, 0.15) is 0 Å². The fourth-order valence-electron chi connectivity index (χ4n) is 0.400. The van der Waals surface area contributed by atoms with Gasteiger partial charge >= 0.3 is 17.1 Å². The summed E-state index contributed by atoms with van der Waals surface area (Å²) in [4.78, 5) is 4.36. The van der Waals surface area contributed by atoms with Gasteiger partial charge < -0.3 is 9.80 Å². The van der Waals surface area contributed by atoms with Crippen molar-refractivity contribution in [3.05, 3.63) is 0 Å². The predicted molar refractivity (Wildman–Crippen MR) is 37.1 cm³/mol. The average molecular weight is 172 g/mol. The fraction of sp³-hybridized carbons (Fsp3) is 1.00. The van der Waals surface area contributed by atoms with Crippen LogP contribution in [-0.2, 0) is 17.1 Å². The molecule has 2 nitrogen and oxygen atoms in total. The first-order valence-electron chi connectivity index (χ1n) is 2.92. The summed E-state index contributed by atoms with van der Waals surface area (Å²) in [7, 11) is 8.35. The van der Waals surface area contributed by atoms with Crippen LogP contribution in [0.25, 0.3) is 0 Å². The molecule has 0 fully saturated rings. The zero-order valence-electron chi connectivity index (χ0n) is 6.66. The van der Waals surface area contributed by atoms with E-state index in [-0.39, 0.29) is 17.1 Å². The van der Waals surface area contributed by atoms with E-state index in [9.17, 15) is 0 Å². The molecule has 0 atom stereocenters. The quantitative estimate of drug-likeness (QED) is 0.557. The minimum atomic E-state index is 0. The summed E-state index contributed by atoms with van der Waals surface area (Å²) in [5.41, 5.74) is 0. The van der Waals surface area contributed by atoms with Gasteiger partial charge in [-0.2, -0.15) is 0 Å². The molecule has 0 aromatic heterocycles. The summed E-state index contributed by atoms with van der Waals surface area (Å²) < 4.78 is 0. The first kappa shape index (κ1) is 12.1. The van der Waals surface area contributed by atoms with Gasteiger partial charge in [-0.15, -0.1) is 0 Å². The van der Waals surface area contributed by atoms with E-state index in [0.29, 0.717) is 0 Å². The number of rotatable bonds is 3. The van der Waals surface area contributed by atoms with E-state index < -0.39 is 0 Å². The van der Waals surface area contributed by atoms with Crippen LogP contribution in [-0.4, -0.2) is 51.1 Å². The predicted octanol–water partition coefficient (Wildman–Crippen LogP) is 0.107. The maximum atomic E-state index is 2.18. The monoisotopic (exact) mass is 172 g/mol. The topological polar surface area (TPSA) is 6.48 Å². The second-order valence-corrected chi connectivity index (χ2v) is 2.61. The molecule has 0 aromatic rings. The molecule has 0 heterocycles. The molecule has 9 heavy (non-hydrogen) atoms. The van der Waals surface area contributed by atoms with Crippen LogP contribution in [0.5, 0.6) is 0 Å². The standard InChI is InChI=1S/C6H16N2.Fe/c1-7(2)5-6-8(3)4;/h5-6H2,1-4H3;/q;+3. The Morgan fingerprint density at radius 3 is 1.11 bits per heavy atom. The van der Waals surface area contributed by atoms with E-state index >= 15 is 0 Å². The van der Waals surface area contributed by atoms with Crippen molar-refractivity contribution in [2.45, 2.75) is 0 Å². The van der Waals surface area contributed by atoms with Gasteiger partial charge in [0.05, 0.1) is 0 Å². The van der Waals surface area contributed by atoms with Crippen molar-refractivity contribution in [1.29, 1.82) is 0 Å². The average Bonchev–Trinajstić information content (AvgIpc) is 1.61. The Balaban J connectivity index is 0. The third-order valence-corrected chi connectivity index (χ3v) is 0.994. The molecule has 0 rings (SSSR count). The molecule has 0 unspecified atom stereocenters. The molecule has 0 aliphatic rings. The SMILES string of the molecule is CN(C)CCN(C)C.[Fe+3]. The van der Waals surface area contributed by atoms with Crippen molar-refractivity contribution >= 4 is 0 Å². The number of hydrogen-bond donors (Lipinski definition) is 0. The zero-order valence-corrected chi connectivity index (χ0v) is 7.77. The van der Waals surface area contributed by atoms with Gasteiger partial charge in [0.25, 0.3) is 0 Å². The molecule has 0 aliphatic heterocycles. The first-order chi connectivity index (χ1) is 3.63. The molecule has 0 aliphatic carbocycles. The summed E-state index contributed by atoms with van der Waals surface area (Å²) in [5, 5.41) is 0. The van der Waals surface area contributed by atoms with Crippen LogP contribution in [0, 0.1) is 0 Å². The summed E-state index contributed by atoms with van der Waals surface area (Å²) >= 11 is 0. The largest absolute Gasteiger partial charge is 3.00 e. The number of hydrogen-bond acceptors (Lipinski definition) is 2. The van der Waals surface area contributed by atoms with Gasteiger partial charge in [0.1, 0.15) is 0 Å². The summed E-state index contributed by atoms with van der Waals surface area (Å²) in [6.45, 7) is 2.29. The minimum absolute atomic E-state index is 0. The van der Waals surface area contributed by atoms with Crippen molar-refractivity contribution in [2.75, 3.05) is 41.3 Å². The number of nitrogens with zero attached hydrogens (tertiary/aromatic N) is 2. The first-order valence-corrected chi connectivity index (χ1v) is 2.92. The van der Waals surface area contributed by atoms with Gasteiger partial charge in [-0.25, -0.2) is 0 Å². The van der Waals surface area contributed by atoms with E-state index in [1.807, 2.05) is 0 Å². The van der Waals surface area contributed by atoms with E-state index in [1.165, 1.54) is 0 Å². The van der Waals surface area contributed by atoms with E-state index in [1.54, 1.807) is 0 Å². The molecule has 0 spiro atoms. The molecule has 0 N–H and O–H groups in total. The molecular formula is C6H16FeN2+3. The summed E-state index contributed by atoms with van der Waals surface area (Å²) in [5.74, 6) is 0. The van der Waals surface area contributed by atoms with Gasteiger partial charge in [-0.3, -0.25) is 0 Å². The van der Waals surface area contributed by atoms with Crippen LogP contribution in [0.4, 0.5) is 0 Å². The van der Waals surface area contributed by atoms with Crippen LogP contribution in [0.3, 0.4) is 0 Å². The summed E-state index contributed by atoms with van der Waals surface area (Å²) in [6.07, 6.45) is 0. The van der Waals surface area contributed by atoms with Gasteiger partial charge in [-0.05, 0) is 28.2 Å². The van der Waals surface area contributed by atoms with E-state index in [0.717, 1.165) is 13.1 Å². The van der Waals surface area contributed by atoms with Gasteiger partial charge in [-0.1, -0.05) is 0 Å². The molecular weight excluding hydrogens is 156 g/mol. The van der Waals surface area contributed by atoms with Crippen molar-refractivity contribution in [3.8, 4) is 0 Å². The van der Waals surface area contributed by atoms with Gasteiger partial charge in [0.15, 0.2) is 0 Å². The van der Waals surface area contributed by atoms with Crippen molar-refractivity contribution < 1.29 is 17.1 Å². The Labute approximate surface area is 68.7 Å². The van der Waals surface area contributed by atoms with E-state index in [4.69, 9.17) is 0 Å². The van der Waals surface area contributed by atoms with Crippen molar-refractivity contribution in [2.24, 2.45) is 0 Å². The zero-order chi connectivity index (χ0) is 6.57.